The quantitative estimate of drug-likeness (QED) is 0.638. The van der Waals surface area contributed by atoms with E-state index < -0.39 is 23.0 Å². The van der Waals surface area contributed by atoms with E-state index >= 15 is 0 Å². The van der Waals surface area contributed by atoms with Crippen molar-refractivity contribution in [2.75, 3.05) is 41.3 Å². The van der Waals surface area contributed by atoms with Crippen LogP contribution in [0, 0.1) is 0 Å². The molecule has 3 atom stereocenters. The molecular weight excluding hydrogens is 330 g/mol. The molecule has 1 aliphatic rings. The lowest BCUT2D eigenvalue weighted by Gasteiger charge is -2.33. The summed E-state index contributed by atoms with van der Waals surface area (Å²) in [6.07, 6.45) is 0. The van der Waals surface area contributed by atoms with Crippen molar-refractivity contribution in [2.45, 2.75) is 13.8 Å². The van der Waals surface area contributed by atoms with Crippen molar-refractivity contribution in [2.24, 2.45) is 13.5 Å². The summed E-state index contributed by atoms with van der Waals surface area (Å²) >= 11 is 0. The van der Waals surface area contributed by atoms with E-state index in [4.69, 9.17) is 0 Å². The number of hydrogen-bond donors (Lipinski definition) is 0. The predicted molar refractivity (Wildman–Crippen MR) is 81.7 cm³/mol. The average Bonchev–Trinajstić information content (AvgIpc) is 2.35. The Morgan fingerprint density at radius 1 is 0.700 bits per heavy atom. The highest BCUT2D eigenvalue weighted by Crippen LogP contribution is 2.81. The van der Waals surface area contributed by atoms with Crippen LogP contribution in [0.15, 0.2) is 13.5 Å². The number of rotatable bonds is 5. The maximum atomic E-state index is 15.0. The third-order valence-electron chi connectivity index (χ3n) is 2.98. The molecule has 1 heterocycles. The first-order valence-electron chi connectivity index (χ1n) is 6.14. The van der Waals surface area contributed by atoms with Crippen LogP contribution in [-0.4, -0.2) is 55.3 Å². The Balaban J connectivity index is 3.65. The van der Waals surface area contributed by atoms with E-state index in [-0.39, 0.29) is 13.1 Å². The summed E-state index contributed by atoms with van der Waals surface area (Å²) < 4.78 is 59.1. The molecule has 0 bridgehead atoms. The van der Waals surface area contributed by atoms with Crippen LogP contribution in [0.1, 0.15) is 13.8 Å². The van der Waals surface area contributed by atoms with Gasteiger partial charge in [0.05, 0.1) is 0 Å². The van der Waals surface area contributed by atoms with Gasteiger partial charge in [-0.2, -0.15) is 26.1 Å². The molecule has 20 heavy (non-hydrogen) atoms. The molecule has 120 valence electrons. The van der Waals surface area contributed by atoms with E-state index in [1.165, 1.54) is 37.5 Å². The van der Waals surface area contributed by atoms with E-state index in [0.717, 1.165) is 4.67 Å². The lowest BCUT2D eigenvalue weighted by atomic mass is 10.8. The Bertz CT molecular complexity index is 518. The van der Waals surface area contributed by atoms with Gasteiger partial charge in [-0.05, 0) is 28.2 Å². The Hall–Kier alpha value is 0.360. The van der Waals surface area contributed by atoms with Gasteiger partial charge in [0.2, 0.25) is 0 Å². The van der Waals surface area contributed by atoms with E-state index in [1.54, 1.807) is 13.8 Å². The van der Waals surface area contributed by atoms with Gasteiger partial charge >= 0.3 is 23.0 Å². The highest BCUT2D eigenvalue weighted by molar-refractivity contribution is 7.80. The van der Waals surface area contributed by atoms with Crippen molar-refractivity contribution in [3.8, 4) is 0 Å². The maximum absolute atomic E-state index is 15.0. The second-order valence-corrected chi connectivity index (χ2v) is 11.8. The molecule has 0 amide bonds. The second kappa shape index (κ2) is 6.23. The summed E-state index contributed by atoms with van der Waals surface area (Å²) in [4.78, 5) is 0. The van der Waals surface area contributed by atoms with Crippen molar-refractivity contribution >= 4 is 23.0 Å². The zero-order chi connectivity index (χ0) is 15.8. The minimum Gasteiger partial charge on any atom is -0.232 e. The second-order valence-electron chi connectivity index (χ2n) is 4.55. The third kappa shape index (κ3) is 3.40. The molecule has 1 aliphatic heterocycles. The van der Waals surface area contributed by atoms with Crippen LogP contribution in [0.3, 0.4) is 0 Å². The van der Waals surface area contributed by atoms with Crippen LogP contribution < -0.4 is 0 Å². The predicted octanol–water partition coefficient (Wildman–Crippen LogP) is 5.21. The molecule has 0 saturated heterocycles. The van der Waals surface area contributed by atoms with Crippen molar-refractivity contribution in [1.82, 2.24) is 14.0 Å². The summed E-state index contributed by atoms with van der Waals surface area (Å²) in [5.74, 6) is 0. The molecular formula is C8H22F3N6P3. The van der Waals surface area contributed by atoms with Gasteiger partial charge in [-0.1, -0.05) is 13.8 Å². The fourth-order valence-corrected chi connectivity index (χ4v) is 10.3. The molecule has 0 saturated carbocycles. The van der Waals surface area contributed by atoms with Gasteiger partial charge < -0.3 is 0 Å². The average molecular weight is 352 g/mol. The summed E-state index contributed by atoms with van der Waals surface area (Å²) in [7, 11) is -6.54. The first-order chi connectivity index (χ1) is 9.03. The van der Waals surface area contributed by atoms with Crippen molar-refractivity contribution in [3.05, 3.63) is 0 Å². The minimum atomic E-state index is -4.06. The standard InChI is InChI=1S/C8H22F3N6P3/c1-7-16(5)19(10)12-18(9,15(3)4)13-20(11,14-19)17(6)8-2/h7-8H2,1-6H3. The fourth-order valence-electron chi connectivity index (χ4n) is 1.28. The molecule has 0 aromatic rings. The monoisotopic (exact) mass is 352 g/mol. The summed E-state index contributed by atoms with van der Waals surface area (Å²) in [5.41, 5.74) is 0. The van der Waals surface area contributed by atoms with Gasteiger partial charge in [-0.3, -0.25) is 0 Å². The van der Waals surface area contributed by atoms with Crippen LogP contribution >= 0.6 is 23.0 Å². The highest BCUT2D eigenvalue weighted by Gasteiger charge is 2.43. The van der Waals surface area contributed by atoms with E-state index in [0.29, 0.717) is 0 Å². The molecule has 0 aromatic carbocycles. The van der Waals surface area contributed by atoms with E-state index in [2.05, 4.69) is 13.5 Å². The largest absolute Gasteiger partial charge is 0.323 e. The van der Waals surface area contributed by atoms with Gasteiger partial charge in [-0.15, -0.1) is 0 Å². The van der Waals surface area contributed by atoms with Crippen LogP contribution in [0.25, 0.3) is 0 Å². The molecule has 0 spiro atoms. The van der Waals surface area contributed by atoms with Crippen LogP contribution in [0.4, 0.5) is 12.6 Å². The van der Waals surface area contributed by atoms with Crippen LogP contribution in [0.5, 0.6) is 0 Å². The van der Waals surface area contributed by atoms with Crippen LogP contribution in [-0.2, 0) is 0 Å². The Morgan fingerprint density at radius 2 is 1.00 bits per heavy atom. The molecule has 0 N–H and O–H groups in total. The Labute approximate surface area is 119 Å². The van der Waals surface area contributed by atoms with Gasteiger partial charge in [0, 0.05) is 13.1 Å². The Kier molecular flexibility index (Phi) is 5.74. The highest BCUT2D eigenvalue weighted by atomic mass is 31.3. The normalized spacial score (nSPS) is 37.8. The third-order valence-corrected chi connectivity index (χ3v) is 11.8. The zero-order valence-electron chi connectivity index (χ0n) is 12.6. The summed E-state index contributed by atoms with van der Waals surface area (Å²) in [6.45, 7) is 3.91. The van der Waals surface area contributed by atoms with Crippen molar-refractivity contribution in [3.63, 3.8) is 0 Å². The lowest BCUT2D eigenvalue weighted by Crippen LogP contribution is -2.16. The fraction of sp³-hybridized carbons (Fsp3) is 1.00. The number of halogens is 3. The summed E-state index contributed by atoms with van der Waals surface area (Å²) in [6, 6.07) is 0. The molecule has 0 radical (unpaired) electrons. The lowest BCUT2D eigenvalue weighted by molar-refractivity contribution is 0.519. The van der Waals surface area contributed by atoms with Gasteiger partial charge in [0.1, 0.15) is 0 Å². The van der Waals surface area contributed by atoms with Gasteiger partial charge in [-0.25, -0.2) is 14.0 Å². The molecule has 3 unspecified atom stereocenters. The number of hydrogen-bond acceptors (Lipinski definition) is 6. The minimum absolute atomic E-state index is 0.264. The van der Waals surface area contributed by atoms with E-state index in [9.17, 15) is 12.6 Å². The first kappa shape index (κ1) is 18.4. The van der Waals surface area contributed by atoms with Crippen LogP contribution in [0.2, 0.25) is 0 Å². The van der Waals surface area contributed by atoms with Gasteiger partial charge in [0.15, 0.2) is 0 Å². The first-order valence-corrected chi connectivity index (χ1v) is 10.8. The molecule has 0 aromatic heterocycles. The maximum Gasteiger partial charge on any atom is 0.323 e. The topological polar surface area (TPSA) is 46.8 Å². The molecule has 0 aliphatic carbocycles. The molecule has 12 heteroatoms. The zero-order valence-corrected chi connectivity index (χ0v) is 15.3. The number of nitrogens with zero attached hydrogens (tertiary/aromatic N) is 6. The SMILES string of the molecule is CCN(C)P1(F)=NP(F)(N(C)C)=NP(F)(N(C)CC)=N1. The van der Waals surface area contributed by atoms with Crippen molar-refractivity contribution < 1.29 is 12.6 Å². The molecule has 0 fully saturated rings. The van der Waals surface area contributed by atoms with E-state index in [1.807, 2.05) is 0 Å². The van der Waals surface area contributed by atoms with Crippen molar-refractivity contribution in [1.29, 1.82) is 0 Å². The molecule has 6 nitrogen and oxygen atoms in total. The Morgan fingerprint density at radius 3 is 1.30 bits per heavy atom. The molecule has 1 rings (SSSR count). The smallest absolute Gasteiger partial charge is 0.232 e. The summed E-state index contributed by atoms with van der Waals surface area (Å²) in [5, 5.41) is 0. The van der Waals surface area contributed by atoms with Gasteiger partial charge in [0.25, 0.3) is 0 Å².